The number of hydrogen-bond acceptors (Lipinski definition) is 5. The molecule has 17 heavy (non-hydrogen) atoms. The summed E-state index contributed by atoms with van der Waals surface area (Å²) in [6.07, 6.45) is 0. The van der Waals surface area contributed by atoms with Gasteiger partial charge in [0.2, 0.25) is 0 Å². The van der Waals surface area contributed by atoms with Gasteiger partial charge in [-0.3, -0.25) is 0 Å². The number of rotatable bonds is 3. The van der Waals surface area contributed by atoms with Crippen molar-refractivity contribution in [3.8, 4) is 0 Å². The molecule has 0 spiro atoms. The molecule has 2 aromatic rings. The Bertz CT molecular complexity index is 541. The van der Waals surface area contributed by atoms with Gasteiger partial charge in [0, 0.05) is 6.07 Å². The van der Waals surface area contributed by atoms with Crippen molar-refractivity contribution < 1.29 is 4.52 Å². The summed E-state index contributed by atoms with van der Waals surface area (Å²) in [5.41, 5.74) is 6.34. The number of nitrogens with zero attached hydrogens (tertiary/aromatic N) is 2. The number of nitrogen functional groups attached to an aromatic ring is 1. The molecule has 0 unspecified atom stereocenters. The maximum Gasteiger partial charge on any atom is 0.147 e. The van der Waals surface area contributed by atoms with Crippen molar-refractivity contribution in [2.75, 3.05) is 11.1 Å². The van der Waals surface area contributed by atoms with Gasteiger partial charge in [-0.25, -0.2) is 4.98 Å². The van der Waals surface area contributed by atoms with Crippen molar-refractivity contribution in [2.45, 2.75) is 13.5 Å². The van der Waals surface area contributed by atoms with Crippen LogP contribution in [-0.2, 0) is 6.54 Å². The van der Waals surface area contributed by atoms with E-state index in [2.05, 4.69) is 15.5 Å². The fourth-order valence-electron chi connectivity index (χ4n) is 1.28. The highest BCUT2D eigenvalue weighted by atomic mass is 35.5. The van der Waals surface area contributed by atoms with Crippen LogP contribution in [0.2, 0.25) is 10.0 Å². The fourth-order valence-corrected chi connectivity index (χ4v) is 1.71. The third kappa shape index (κ3) is 2.81. The van der Waals surface area contributed by atoms with Crippen molar-refractivity contribution in [1.29, 1.82) is 0 Å². The second kappa shape index (κ2) is 4.81. The van der Waals surface area contributed by atoms with Crippen LogP contribution in [0.1, 0.15) is 11.5 Å². The first-order valence-corrected chi connectivity index (χ1v) is 5.59. The Hall–Kier alpha value is -1.46. The second-order valence-electron chi connectivity index (χ2n) is 3.47. The molecule has 7 heteroatoms. The van der Waals surface area contributed by atoms with Crippen molar-refractivity contribution in [3.05, 3.63) is 33.6 Å². The van der Waals surface area contributed by atoms with Crippen LogP contribution in [-0.4, -0.2) is 10.1 Å². The summed E-state index contributed by atoms with van der Waals surface area (Å²) in [7, 11) is 0. The maximum atomic E-state index is 5.96. The molecule has 0 saturated carbocycles. The first kappa shape index (κ1) is 12.0. The first-order chi connectivity index (χ1) is 8.06. The molecule has 5 nitrogen and oxygen atoms in total. The van der Waals surface area contributed by atoms with Crippen LogP contribution in [0.4, 0.5) is 11.6 Å². The van der Waals surface area contributed by atoms with Gasteiger partial charge in [-0.1, -0.05) is 28.4 Å². The van der Waals surface area contributed by atoms with E-state index in [4.69, 9.17) is 33.5 Å². The van der Waals surface area contributed by atoms with E-state index in [9.17, 15) is 0 Å². The lowest BCUT2D eigenvalue weighted by molar-refractivity contribution is 0.391. The standard InChI is InChI=1S/C10H10Cl2N4O/c1-5-2-6(16-17-5)4-14-10-8(12)3-7(11)9(13)15-10/h2-3H,4H2,1H3,(H3,13,14,15). The third-order valence-corrected chi connectivity index (χ3v) is 2.66. The highest BCUT2D eigenvalue weighted by molar-refractivity contribution is 6.37. The molecule has 0 amide bonds. The topological polar surface area (TPSA) is 77.0 Å². The van der Waals surface area contributed by atoms with E-state index in [0.717, 1.165) is 11.5 Å². The van der Waals surface area contributed by atoms with Crippen molar-refractivity contribution in [2.24, 2.45) is 0 Å². The molecule has 0 radical (unpaired) electrons. The van der Waals surface area contributed by atoms with Crippen LogP contribution in [0.15, 0.2) is 16.7 Å². The molecule has 0 aliphatic heterocycles. The Morgan fingerprint density at radius 2 is 2.12 bits per heavy atom. The van der Waals surface area contributed by atoms with Crippen molar-refractivity contribution in [1.82, 2.24) is 10.1 Å². The summed E-state index contributed by atoms with van der Waals surface area (Å²) in [4.78, 5) is 4.04. The molecule has 2 aromatic heterocycles. The zero-order chi connectivity index (χ0) is 12.4. The number of nitrogens with two attached hydrogens (primary N) is 1. The number of halogens is 2. The molecule has 0 aromatic carbocycles. The van der Waals surface area contributed by atoms with Gasteiger partial charge in [0.25, 0.3) is 0 Å². The SMILES string of the molecule is Cc1cc(CNc2nc(N)c(Cl)cc2Cl)no1. The molecule has 0 atom stereocenters. The third-order valence-electron chi connectivity index (χ3n) is 2.07. The van der Waals surface area contributed by atoms with Crippen LogP contribution in [0.5, 0.6) is 0 Å². The molecule has 2 rings (SSSR count). The van der Waals surface area contributed by atoms with Crippen LogP contribution in [0, 0.1) is 6.92 Å². The zero-order valence-electron chi connectivity index (χ0n) is 9.00. The Kier molecular flexibility index (Phi) is 3.40. The zero-order valence-corrected chi connectivity index (χ0v) is 10.5. The smallest absolute Gasteiger partial charge is 0.147 e. The molecule has 0 bridgehead atoms. The first-order valence-electron chi connectivity index (χ1n) is 4.84. The lowest BCUT2D eigenvalue weighted by Crippen LogP contribution is -2.04. The predicted molar refractivity (Wildman–Crippen MR) is 67.2 cm³/mol. The van der Waals surface area contributed by atoms with Gasteiger partial charge in [0.1, 0.15) is 23.1 Å². The van der Waals surface area contributed by atoms with Gasteiger partial charge in [0.15, 0.2) is 0 Å². The summed E-state index contributed by atoms with van der Waals surface area (Å²) in [5, 5.41) is 7.58. The number of pyridine rings is 1. The monoisotopic (exact) mass is 272 g/mol. The van der Waals surface area contributed by atoms with E-state index in [1.54, 1.807) is 6.07 Å². The van der Waals surface area contributed by atoms with Gasteiger partial charge < -0.3 is 15.6 Å². The Labute approximate surface area is 108 Å². The quantitative estimate of drug-likeness (QED) is 0.899. The summed E-state index contributed by atoms with van der Waals surface area (Å²) in [5.74, 6) is 1.44. The van der Waals surface area contributed by atoms with Crippen LogP contribution in [0.3, 0.4) is 0 Å². The number of aromatic nitrogens is 2. The number of nitrogens with one attached hydrogen (secondary N) is 1. The summed E-state index contributed by atoms with van der Waals surface area (Å²) >= 11 is 11.7. The number of aryl methyl sites for hydroxylation is 1. The second-order valence-corrected chi connectivity index (χ2v) is 4.28. The van der Waals surface area contributed by atoms with Crippen molar-refractivity contribution >= 4 is 34.8 Å². The molecular formula is C10H10Cl2N4O. The molecule has 2 heterocycles. The Morgan fingerprint density at radius 3 is 2.76 bits per heavy atom. The molecular weight excluding hydrogens is 263 g/mol. The average Bonchev–Trinajstić information content (AvgIpc) is 2.68. The molecule has 0 aliphatic carbocycles. The van der Waals surface area contributed by atoms with E-state index in [1.807, 2.05) is 13.0 Å². The normalized spacial score (nSPS) is 10.5. The van der Waals surface area contributed by atoms with Crippen molar-refractivity contribution in [3.63, 3.8) is 0 Å². The number of anilines is 2. The highest BCUT2D eigenvalue weighted by Gasteiger charge is 2.07. The molecule has 3 N–H and O–H groups in total. The summed E-state index contributed by atoms with van der Waals surface area (Å²) in [6.45, 7) is 2.27. The van der Waals surface area contributed by atoms with Gasteiger partial charge in [-0.15, -0.1) is 0 Å². The largest absolute Gasteiger partial charge is 0.382 e. The van der Waals surface area contributed by atoms with Gasteiger partial charge in [-0.05, 0) is 13.0 Å². The Morgan fingerprint density at radius 1 is 1.35 bits per heavy atom. The number of hydrogen-bond donors (Lipinski definition) is 2. The highest BCUT2D eigenvalue weighted by Crippen LogP contribution is 2.27. The maximum absolute atomic E-state index is 5.96. The van der Waals surface area contributed by atoms with Gasteiger partial charge in [0.05, 0.1) is 16.6 Å². The summed E-state index contributed by atoms with van der Waals surface area (Å²) < 4.78 is 4.94. The molecule has 90 valence electrons. The average molecular weight is 273 g/mol. The van der Waals surface area contributed by atoms with Crippen LogP contribution in [0.25, 0.3) is 0 Å². The summed E-state index contributed by atoms with van der Waals surface area (Å²) in [6, 6.07) is 3.36. The molecule has 0 saturated heterocycles. The van der Waals surface area contributed by atoms with E-state index < -0.39 is 0 Å². The molecule has 0 aliphatic rings. The Balaban J connectivity index is 2.11. The minimum atomic E-state index is 0.231. The van der Waals surface area contributed by atoms with E-state index in [0.29, 0.717) is 22.4 Å². The van der Waals surface area contributed by atoms with Gasteiger partial charge in [-0.2, -0.15) is 0 Å². The lowest BCUT2D eigenvalue weighted by Gasteiger charge is -2.07. The van der Waals surface area contributed by atoms with E-state index in [1.165, 1.54) is 0 Å². The fraction of sp³-hybridized carbons (Fsp3) is 0.200. The lowest BCUT2D eigenvalue weighted by atomic mass is 10.3. The van der Waals surface area contributed by atoms with E-state index in [-0.39, 0.29) is 5.82 Å². The van der Waals surface area contributed by atoms with E-state index >= 15 is 0 Å². The predicted octanol–water partition coefficient (Wildman–Crippen LogP) is 2.88. The minimum absolute atomic E-state index is 0.231. The van der Waals surface area contributed by atoms with Crippen LogP contribution < -0.4 is 11.1 Å². The van der Waals surface area contributed by atoms with Crippen LogP contribution >= 0.6 is 23.2 Å². The van der Waals surface area contributed by atoms with Gasteiger partial charge >= 0.3 is 0 Å². The molecule has 0 fully saturated rings. The minimum Gasteiger partial charge on any atom is -0.382 e.